The van der Waals surface area contributed by atoms with E-state index in [9.17, 15) is 9.59 Å². The first kappa shape index (κ1) is 19.4. The second-order valence-electron chi connectivity index (χ2n) is 7.76. The van der Waals surface area contributed by atoms with Crippen molar-refractivity contribution in [3.63, 3.8) is 0 Å². The Labute approximate surface area is 181 Å². The highest BCUT2D eigenvalue weighted by Crippen LogP contribution is 2.46. The van der Waals surface area contributed by atoms with Gasteiger partial charge in [0.25, 0.3) is 0 Å². The lowest BCUT2D eigenvalue weighted by atomic mass is 9.98. The van der Waals surface area contributed by atoms with Crippen LogP contribution in [0, 0.1) is 0 Å². The van der Waals surface area contributed by atoms with E-state index >= 15 is 0 Å². The Balaban J connectivity index is 1.35. The van der Waals surface area contributed by atoms with Gasteiger partial charge in [-0.05, 0) is 34.7 Å². The van der Waals surface area contributed by atoms with Crippen molar-refractivity contribution in [3.8, 4) is 11.1 Å². The van der Waals surface area contributed by atoms with Crippen molar-refractivity contribution in [2.45, 2.75) is 24.9 Å². The maximum absolute atomic E-state index is 13.0. The topological polar surface area (TPSA) is 55.6 Å². The van der Waals surface area contributed by atoms with Crippen LogP contribution in [0.15, 0.2) is 78.9 Å². The van der Waals surface area contributed by atoms with Gasteiger partial charge in [-0.25, -0.2) is 9.59 Å². The molecule has 156 valence electrons. The molecule has 1 saturated heterocycles. The van der Waals surface area contributed by atoms with E-state index in [1.54, 1.807) is 6.92 Å². The van der Waals surface area contributed by atoms with Crippen molar-refractivity contribution in [3.05, 3.63) is 95.6 Å². The third-order valence-electron chi connectivity index (χ3n) is 6.02. The van der Waals surface area contributed by atoms with Crippen LogP contribution < -0.4 is 0 Å². The number of esters is 1. The van der Waals surface area contributed by atoms with Gasteiger partial charge in [-0.2, -0.15) is 0 Å². The number of hydrogen-bond acceptors (Lipinski definition) is 4. The molecule has 2 atom stereocenters. The lowest BCUT2D eigenvalue weighted by molar-refractivity contribution is -0.143. The molecule has 0 spiro atoms. The molecule has 1 aliphatic heterocycles. The van der Waals surface area contributed by atoms with Gasteiger partial charge in [-0.15, -0.1) is 0 Å². The van der Waals surface area contributed by atoms with Crippen molar-refractivity contribution >= 4 is 12.1 Å². The van der Waals surface area contributed by atoms with Crippen LogP contribution in [0.5, 0.6) is 0 Å². The van der Waals surface area contributed by atoms with Gasteiger partial charge in [0, 0.05) is 5.92 Å². The number of benzene rings is 3. The molecule has 1 aliphatic carbocycles. The highest BCUT2D eigenvalue weighted by atomic mass is 16.6. The zero-order valence-corrected chi connectivity index (χ0v) is 17.2. The summed E-state index contributed by atoms with van der Waals surface area (Å²) >= 11 is 0. The summed E-state index contributed by atoms with van der Waals surface area (Å²) in [6.45, 7) is 2.26. The van der Waals surface area contributed by atoms with Gasteiger partial charge in [0.05, 0.1) is 12.6 Å². The van der Waals surface area contributed by atoms with Crippen LogP contribution in [0.1, 0.15) is 35.6 Å². The monoisotopic (exact) mass is 413 g/mol. The fraction of sp³-hybridized carbons (Fsp3) is 0.231. The largest absolute Gasteiger partial charge is 0.464 e. The molecule has 0 N–H and O–H groups in total. The Morgan fingerprint density at radius 1 is 0.806 bits per heavy atom. The van der Waals surface area contributed by atoms with E-state index in [1.165, 1.54) is 16.0 Å². The van der Waals surface area contributed by atoms with Crippen LogP contribution in [-0.2, 0) is 14.3 Å². The molecule has 0 aromatic heterocycles. The van der Waals surface area contributed by atoms with Crippen LogP contribution in [0.4, 0.5) is 4.79 Å². The Bertz CT molecular complexity index is 1080. The lowest BCUT2D eigenvalue weighted by Crippen LogP contribution is -2.23. The average molecular weight is 413 g/mol. The predicted octanol–water partition coefficient (Wildman–Crippen LogP) is 4.92. The van der Waals surface area contributed by atoms with Gasteiger partial charge >= 0.3 is 12.1 Å². The van der Waals surface area contributed by atoms with Gasteiger partial charge < -0.3 is 9.47 Å². The summed E-state index contributed by atoms with van der Waals surface area (Å²) in [5.74, 6) is -0.419. The summed E-state index contributed by atoms with van der Waals surface area (Å²) in [7, 11) is 0. The summed E-state index contributed by atoms with van der Waals surface area (Å²) in [5.41, 5.74) is 5.57. The van der Waals surface area contributed by atoms with Crippen LogP contribution in [0.3, 0.4) is 0 Å². The van der Waals surface area contributed by atoms with Crippen molar-refractivity contribution in [2.24, 2.45) is 0 Å². The number of ether oxygens (including phenoxy) is 2. The zero-order valence-electron chi connectivity index (χ0n) is 17.2. The molecule has 0 saturated carbocycles. The van der Waals surface area contributed by atoms with E-state index in [-0.39, 0.29) is 25.2 Å². The first-order chi connectivity index (χ1) is 15.2. The van der Waals surface area contributed by atoms with Gasteiger partial charge in [-0.1, -0.05) is 78.9 Å². The number of nitrogens with zero attached hydrogens (tertiary/aromatic N) is 1. The van der Waals surface area contributed by atoms with Crippen molar-refractivity contribution < 1.29 is 19.1 Å². The van der Waals surface area contributed by atoms with Crippen LogP contribution in [0.25, 0.3) is 11.1 Å². The van der Waals surface area contributed by atoms with E-state index in [2.05, 4.69) is 24.3 Å². The van der Waals surface area contributed by atoms with E-state index < -0.39 is 18.1 Å². The molecule has 2 aliphatic rings. The Hall–Kier alpha value is -3.60. The molecule has 1 heterocycles. The predicted molar refractivity (Wildman–Crippen MR) is 117 cm³/mol. The fourth-order valence-electron chi connectivity index (χ4n) is 4.59. The Kier molecular flexibility index (Phi) is 4.94. The third kappa shape index (κ3) is 3.36. The molecule has 0 bridgehead atoms. The normalized spacial score (nSPS) is 18.8. The molecule has 0 unspecified atom stereocenters. The van der Waals surface area contributed by atoms with Gasteiger partial charge in [0.15, 0.2) is 6.04 Å². The number of carbonyl (C=O) groups is 2. The van der Waals surface area contributed by atoms with Crippen LogP contribution >= 0.6 is 0 Å². The minimum absolute atomic E-state index is 0.0208. The van der Waals surface area contributed by atoms with E-state index in [0.717, 1.165) is 16.7 Å². The quantitative estimate of drug-likeness (QED) is 0.440. The van der Waals surface area contributed by atoms with Crippen molar-refractivity contribution in [1.29, 1.82) is 0 Å². The molecule has 1 fully saturated rings. The van der Waals surface area contributed by atoms with Gasteiger partial charge in [0.1, 0.15) is 6.61 Å². The minimum Gasteiger partial charge on any atom is -0.464 e. The van der Waals surface area contributed by atoms with Gasteiger partial charge in [-0.3, -0.25) is 4.90 Å². The van der Waals surface area contributed by atoms with Gasteiger partial charge in [0.2, 0.25) is 0 Å². The zero-order chi connectivity index (χ0) is 21.4. The average Bonchev–Trinajstić information content (AvgIpc) is 3.49. The summed E-state index contributed by atoms with van der Waals surface area (Å²) in [6.07, 6.45) is -0.492. The first-order valence-corrected chi connectivity index (χ1v) is 10.6. The summed E-state index contributed by atoms with van der Waals surface area (Å²) in [4.78, 5) is 26.9. The standard InChI is InChI=1S/C26H23NO4/c1-2-30-25(28)24-23(17-10-4-3-5-11-17)27(24)26(29)31-16-22-20-14-8-6-12-18(20)19-13-7-9-15-21(19)22/h3-15,22-24H,2,16H2,1H3/t23-,24-,27?/m1/s1. The van der Waals surface area contributed by atoms with Crippen molar-refractivity contribution in [2.75, 3.05) is 13.2 Å². The minimum atomic E-state index is -0.641. The molecule has 0 radical (unpaired) electrons. The summed E-state index contributed by atoms with van der Waals surface area (Å²) in [6, 6.07) is 24.9. The Morgan fingerprint density at radius 2 is 1.39 bits per heavy atom. The van der Waals surface area contributed by atoms with Crippen LogP contribution in [0.2, 0.25) is 0 Å². The SMILES string of the molecule is CCOC(=O)[C@H]1[C@@H](c2ccccc2)N1C(=O)OCC1c2ccccc2-c2ccccc21. The van der Waals surface area contributed by atoms with E-state index in [1.807, 2.05) is 54.6 Å². The maximum Gasteiger partial charge on any atom is 0.411 e. The Morgan fingerprint density at radius 3 is 2.00 bits per heavy atom. The molecular formula is C26H23NO4. The molecular weight excluding hydrogens is 390 g/mol. The van der Waals surface area contributed by atoms with E-state index in [0.29, 0.717) is 0 Å². The van der Waals surface area contributed by atoms with E-state index in [4.69, 9.17) is 9.47 Å². The highest BCUT2D eigenvalue weighted by Gasteiger charge is 2.58. The number of rotatable bonds is 5. The molecule has 5 heteroatoms. The maximum atomic E-state index is 13.0. The third-order valence-corrected chi connectivity index (χ3v) is 6.02. The summed E-state index contributed by atoms with van der Waals surface area (Å²) < 4.78 is 10.9. The number of carbonyl (C=O) groups excluding carboxylic acids is 2. The second kappa shape index (κ2) is 7.91. The number of hydrogen-bond donors (Lipinski definition) is 0. The molecule has 5 nitrogen and oxygen atoms in total. The summed E-state index contributed by atoms with van der Waals surface area (Å²) in [5, 5.41) is 0. The smallest absolute Gasteiger partial charge is 0.411 e. The molecule has 3 aromatic rings. The van der Waals surface area contributed by atoms with Crippen LogP contribution in [-0.4, -0.2) is 36.2 Å². The molecule has 5 rings (SSSR count). The number of fused-ring (bicyclic) bond motifs is 3. The highest BCUT2D eigenvalue weighted by molar-refractivity contribution is 5.89. The number of amides is 1. The first-order valence-electron chi connectivity index (χ1n) is 10.6. The molecule has 3 aromatic carbocycles. The second-order valence-corrected chi connectivity index (χ2v) is 7.76. The van der Waals surface area contributed by atoms with Crippen molar-refractivity contribution in [1.82, 2.24) is 4.90 Å². The fourth-order valence-corrected chi connectivity index (χ4v) is 4.59. The molecule has 31 heavy (non-hydrogen) atoms. The lowest BCUT2D eigenvalue weighted by Gasteiger charge is -2.15. The molecule has 1 amide bonds.